The highest BCUT2D eigenvalue weighted by molar-refractivity contribution is 7.09. The van der Waals surface area contributed by atoms with Gasteiger partial charge in [-0.2, -0.15) is 4.98 Å². The largest absolute Gasteiger partial charge is 0.337 e. The van der Waals surface area contributed by atoms with Crippen LogP contribution in [0.4, 0.5) is 0 Å². The molecule has 124 valence electrons. The van der Waals surface area contributed by atoms with Crippen molar-refractivity contribution in [2.24, 2.45) is 0 Å². The highest BCUT2D eigenvalue weighted by Crippen LogP contribution is 2.40. The van der Waals surface area contributed by atoms with Gasteiger partial charge in [-0.15, -0.1) is 16.4 Å². The van der Waals surface area contributed by atoms with Gasteiger partial charge in [0, 0.05) is 23.0 Å². The molecule has 4 rings (SSSR count). The molecule has 7 nitrogen and oxygen atoms in total. The second-order valence-corrected chi connectivity index (χ2v) is 7.13. The molecule has 0 saturated heterocycles. The number of aromatic nitrogens is 5. The Hall–Kier alpha value is -2.35. The van der Waals surface area contributed by atoms with Crippen LogP contribution in [0.3, 0.4) is 0 Å². The van der Waals surface area contributed by atoms with E-state index in [9.17, 15) is 4.79 Å². The third kappa shape index (κ3) is 2.47. The summed E-state index contributed by atoms with van der Waals surface area (Å²) < 4.78 is 1.59. The highest BCUT2D eigenvalue weighted by atomic mass is 32.1. The molecule has 3 aromatic rings. The minimum atomic E-state index is -0.393. The van der Waals surface area contributed by atoms with Crippen LogP contribution in [0.1, 0.15) is 52.7 Å². The fourth-order valence-electron chi connectivity index (χ4n) is 3.22. The smallest absolute Gasteiger partial charge is 0.291 e. The van der Waals surface area contributed by atoms with Gasteiger partial charge < -0.3 is 5.32 Å². The van der Waals surface area contributed by atoms with E-state index < -0.39 is 5.54 Å². The van der Waals surface area contributed by atoms with Crippen LogP contribution in [0.2, 0.25) is 0 Å². The monoisotopic (exact) mass is 342 g/mol. The Morgan fingerprint density at radius 1 is 1.29 bits per heavy atom. The number of amides is 1. The zero-order chi connectivity index (χ0) is 16.7. The molecule has 3 heterocycles. The summed E-state index contributed by atoms with van der Waals surface area (Å²) in [5.74, 6) is 0.316. The summed E-state index contributed by atoms with van der Waals surface area (Å²) >= 11 is 1.61. The topological polar surface area (TPSA) is 85.1 Å². The Kier molecular flexibility index (Phi) is 3.56. The van der Waals surface area contributed by atoms with Gasteiger partial charge in [0.05, 0.1) is 5.54 Å². The number of carbonyl (C=O) groups excluding carboxylic acids is 1. The Labute approximate surface area is 143 Å². The quantitative estimate of drug-likeness (QED) is 0.790. The van der Waals surface area contributed by atoms with E-state index in [0.717, 1.165) is 42.1 Å². The average Bonchev–Trinajstić information content (AvgIpc) is 3.26. The SMILES string of the molecule is Cc1csc(C2(NC(=O)c3nc4nccc(C)n4n3)CCCC2)n1. The van der Waals surface area contributed by atoms with Crippen molar-refractivity contribution in [3.05, 3.63) is 39.9 Å². The minimum absolute atomic E-state index is 0.149. The van der Waals surface area contributed by atoms with Crippen molar-refractivity contribution in [1.29, 1.82) is 0 Å². The van der Waals surface area contributed by atoms with E-state index in [1.807, 2.05) is 25.3 Å². The standard InChI is InChI=1S/C16H18N6OS/c1-10-9-24-14(18-10)16(6-3-4-7-16)20-13(23)12-19-15-17-8-5-11(2)22(15)21-12/h5,8-9H,3-4,6-7H2,1-2H3,(H,20,23). The predicted molar refractivity (Wildman–Crippen MR) is 90.0 cm³/mol. The van der Waals surface area contributed by atoms with E-state index in [4.69, 9.17) is 0 Å². The van der Waals surface area contributed by atoms with Gasteiger partial charge in [-0.1, -0.05) is 12.8 Å². The van der Waals surface area contributed by atoms with Crippen LogP contribution in [0.15, 0.2) is 17.6 Å². The van der Waals surface area contributed by atoms with Crippen molar-refractivity contribution in [3.63, 3.8) is 0 Å². The maximum Gasteiger partial charge on any atom is 0.291 e. The first-order valence-corrected chi connectivity index (χ1v) is 8.89. The number of carbonyl (C=O) groups is 1. The van der Waals surface area contributed by atoms with Gasteiger partial charge >= 0.3 is 0 Å². The Morgan fingerprint density at radius 2 is 2.08 bits per heavy atom. The van der Waals surface area contributed by atoms with E-state index in [2.05, 4.69) is 25.4 Å². The normalized spacial score (nSPS) is 16.6. The lowest BCUT2D eigenvalue weighted by Crippen LogP contribution is -2.44. The Bertz CT molecular complexity index is 908. The summed E-state index contributed by atoms with van der Waals surface area (Å²) in [7, 11) is 0. The third-order valence-corrected chi connectivity index (χ3v) is 5.64. The highest BCUT2D eigenvalue weighted by Gasteiger charge is 2.40. The molecule has 1 amide bonds. The second-order valence-electron chi connectivity index (χ2n) is 6.27. The third-order valence-electron chi connectivity index (χ3n) is 4.47. The Morgan fingerprint density at radius 3 is 2.75 bits per heavy atom. The summed E-state index contributed by atoms with van der Waals surface area (Å²) in [6, 6.07) is 1.83. The van der Waals surface area contributed by atoms with E-state index in [1.54, 1.807) is 22.0 Å². The van der Waals surface area contributed by atoms with Crippen molar-refractivity contribution >= 4 is 23.0 Å². The molecule has 3 aromatic heterocycles. The summed E-state index contributed by atoms with van der Waals surface area (Å²) in [6.45, 7) is 3.88. The molecule has 0 bridgehead atoms. The van der Waals surface area contributed by atoms with Gasteiger partial charge in [0.25, 0.3) is 11.7 Å². The molecule has 24 heavy (non-hydrogen) atoms. The first-order chi connectivity index (χ1) is 11.6. The van der Waals surface area contributed by atoms with Crippen molar-refractivity contribution in [3.8, 4) is 0 Å². The molecule has 0 unspecified atom stereocenters. The van der Waals surface area contributed by atoms with Crippen LogP contribution in [-0.4, -0.2) is 30.5 Å². The van der Waals surface area contributed by atoms with Gasteiger partial charge in [-0.3, -0.25) is 4.79 Å². The summed E-state index contributed by atoms with van der Waals surface area (Å²) in [6.07, 6.45) is 5.63. The molecular formula is C16H18N6OS. The van der Waals surface area contributed by atoms with Crippen LogP contribution in [0.25, 0.3) is 5.78 Å². The van der Waals surface area contributed by atoms with Crippen LogP contribution < -0.4 is 5.32 Å². The molecule has 1 aliphatic carbocycles. The van der Waals surface area contributed by atoms with E-state index >= 15 is 0 Å². The van der Waals surface area contributed by atoms with Crippen LogP contribution >= 0.6 is 11.3 Å². The lowest BCUT2D eigenvalue weighted by atomic mass is 9.98. The molecule has 8 heteroatoms. The maximum absolute atomic E-state index is 12.8. The first kappa shape index (κ1) is 15.2. The average molecular weight is 342 g/mol. The zero-order valence-corrected chi connectivity index (χ0v) is 14.4. The summed E-state index contributed by atoms with van der Waals surface area (Å²) in [5.41, 5.74) is 1.48. The van der Waals surface area contributed by atoms with Crippen LogP contribution in [0, 0.1) is 13.8 Å². The van der Waals surface area contributed by atoms with Crippen molar-refractivity contribution in [1.82, 2.24) is 29.9 Å². The molecule has 0 aromatic carbocycles. The molecular weight excluding hydrogens is 324 g/mol. The molecule has 0 aliphatic heterocycles. The molecule has 1 N–H and O–H groups in total. The van der Waals surface area contributed by atoms with Gasteiger partial charge in [-0.25, -0.2) is 14.5 Å². The first-order valence-electron chi connectivity index (χ1n) is 8.01. The molecule has 1 fully saturated rings. The number of hydrogen-bond donors (Lipinski definition) is 1. The molecule has 1 aliphatic rings. The number of aryl methyl sites for hydroxylation is 2. The minimum Gasteiger partial charge on any atom is -0.337 e. The zero-order valence-electron chi connectivity index (χ0n) is 13.6. The molecule has 0 spiro atoms. The lowest BCUT2D eigenvalue weighted by Gasteiger charge is -2.27. The number of rotatable bonds is 3. The Balaban J connectivity index is 1.66. The molecule has 0 atom stereocenters. The predicted octanol–water partition coefficient (Wildman–Crippen LogP) is 2.40. The fraction of sp³-hybridized carbons (Fsp3) is 0.438. The van der Waals surface area contributed by atoms with Gasteiger partial charge in [0.15, 0.2) is 0 Å². The summed E-state index contributed by atoms with van der Waals surface area (Å²) in [4.78, 5) is 25.8. The summed E-state index contributed by atoms with van der Waals surface area (Å²) in [5, 5.41) is 10.5. The van der Waals surface area contributed by atoms with Crippen LogP contribution in [-0.2, 0) is 5.54 Å². The lowest BCUT2D eigenvalue weighted by molar-refractivity contribution is 0.0887. The second kappa shape index (κ2) is 5.62. The number of thiazole rings is 1. The van der Waals surface area contributed by atoms with E-state index in [-0.39, 0.29) is 11.7 Å². The van der Waals surface area contributed by atoms with E-state index in [0.29, 0.717) is 5.78 Å². The molecule has 0 radical (unpaired) electrons. The van der Waals surface area contributed by atoms with E-state index in [1.165, 1.54) is 0 Å². The van der Waals surface area contributed by atoms with Gasteiger partial charge in [-0.05, 0) is 32.8 Å². The molecule has 1 saturated carbocycles. The van der Waals surface area contributed by atoms with Crippen LogP contribution in [0.5, 0.6) is 0 Å². The van der Waals surface area contributed by atoms with Gasteiger partial charge in [0.2, 0.25) is 5.82 Å². The number of fused-ring (bicyclic) bond motifs is 1. The van der Waals surface area contributed by atoms with Crippen molar-refractivity contribution in [2.45, 2.75) is 45.1 Å². The number of nitrogens with zero attached hydrogens (tertiary/aromatic N) is 5. The number of hydrogen-bond acceptors (Lipinski definition) is 6. The number of nitrogens with one attached hydrogen (secondary N) is 1. The maximum atomic E-state index is 12.8. The van der Waals surface area contributed by atoms with Crippen molar-refractivity contribution < 1.29 is 4.79 Å². The van der Waals surface area contributed by atoms with Crippen molar-refractivity contribution in [2.75, 3.05) is 0 Å². The van der Waals surface area contributed by atoms with Gasteiger partial charge in [0.1, 0.15) is 5.01 Å². The fourth-order valence-corrected chi connectivity index (χ4v) is 4.23.